The lowest BCUT2D eigenvalue weighted by Crippen LogP contribution is -2.41. The number of carbonyl (C=O) groups excluding carboxylic acids is 3. The molecule has 0 aliphatic carbocycles. The van der Waals surface area contributed by atoms with Crippen molar-refractivity contribution >= 4 is 117 Å². The highest BCUT2D eigenvalue weighted by molar-refractivity contribution is 7.99. The third kappa shape index (κ3) is 18.7. The van der Waals surface area contributed by atoms with Gasteiger partial charge in [-0.15, -0.1) is 10.7 Å². The number of thioether (sulfide) groups is 1. The van der Waals surface area contributed by atoms with Crippen LogP contribution < -0.4 is 66.7 Å². The van der Waals surface area contributed by atoms with Crippen molar-refractivity contribution in [1.29, 1.82) is 0 Å². The molecule has 99 heavy (non-hydrogen) atoms. The van der Waals surface area contributed by atoms with Gasteiger partial charge in [-0.05, 0) is 135 Å². The minimum atomic E-state index is -4.13. The van der Waals surface area contributed by atoms with Crippen molar-refractivity contribution in [3.8, 4) is 0 Å². The van der Waals surface area contributed by atoms with Crippen LogP contribution in [0.1, 0.15) is 38.2 Å². The third-order valence-electron chi connectivity index (χ3n) is 15.1. The van der Waals surface area contributed by atoms with Crippen LogP contribution in [-0.4, -0.2) is 95.5 Å². The third-order valence-corrected chi connectivity index (χ3v) is 19.1. The summed E-state index contributed by atoms with van der Waals surface area (Å²) < 4.78 is 64.7. The minimum absolute atomic E-state index is 0.0254. The Balaban J connectivity index is 0.599. The van der Waals surface area contributed by atoms with Crippen molar-refractivity contribution in [2.45, 2.75) is 63.9 Å². The summed E-state index contributed by atoms with van der Waals surface area (Å²) in [5.41, 5.74) is 20.3. The molecule has 4 heterocycles. The molecule has 0 saturated carbocycles. The van der Waals surface area contributed by atoms with Crippen molar-refractivity contribution < 1.29 is 64.7 Å². The van der Waals surface area contributed by atoms with Gasteiger partial charge in [0.25, 0.3) is 49.1 Å². The summed E-state index contributed by atoms with van der Waals surface area (Å²) in [5.74, 6) is 0.101. The Bertz CT molecular complexity index is 4870. The number of hydrogen-bond donors (Lipinski definition) is 10. The number of nitrogens with zero attached hydrogens (tertiary/aromatic N) is 8. The first kappa shape index (κ1) is 70.6. The number of hydrazine groups is 2. The number of rotatable bonds is 34. The molecule has 0 bridgehead atoms. The smallest absolute Gasteiger partial charge is 0.290 e. The number of non-ortho nitro benzene ring substituents is 2. The Hall–Kier alpha value is -11.2. The molecule has 0 aliphatic rings. The second-order valence-corrected chi connectivity index (χ2v) is 26.7. The van der Waals surface area contributed by atoms with Gasteiger partial charge >= 0.3 is 0 Å². The van der Waals surface area contributed by atoms with Crippen LogP contribution in [0.2, 0.25) is 0 Å². The van der Waals surface area contributed by atoms with Gasteiger partial charge < -0.3 is 26.2 Å². The molecule has 0 saturated heterocycles. The zero-order valence-corrected chi connectivity index (χ0v) is 56.0. The number of nitro groups is 2. The summed E-state index contributed by atoms with van der Waals surface area (Å²) in [6, 6.07) is 34.5. The predicted octanol–water partition coefficient (Wildman–Crippen LogP) is 6.58. The van der Waals surface area contributed by atoms with E-state index in [1.807, 2.05) is 6.07 Å². The summed E-state index contributed by atoms with van der Waals surface area (Å²) in [5, 5.41) is 40.7. The van der Waals surface area contributed by atoms with Crippen molar-refractivity contribution in [3.05, 3.63) is 224 Å². The topological polar surface area (TPSA) is 397 Å². The highest BCUT2D eigenvalue weighted by Crippen LogP contribution is 2.31. The Morgan fingerprint density at radius 1 is 0.606 bits per heavy atom. The fourth-order valence-electron chi connectivity index (χ4n) is 10.1. The molecule has 514 valence electrons. The van der Waals surface area contributed by atoms with E-state index in [0.29, 0.717) is 97.0 Å². The van der Waals surface area contributed by atoms with Crippen LogP contribution in [0.4, 0.5) is 45.5 Å². The molecular weight excluding hydrogens is 1340 g/mol. The number of aryl methyl sites for hydroxylation is 2. The molecule has 6 aromatic carbocycles. The summed E-state index contributed by atoms with van der Waals surface area (Å²) in [4.78, 5) is 79.2. The standard InChI is InChI=1S/C64H66N18O14S3/c1-42-9-23-58(99(92,93)75-53-19-15-51(16-20-53)73-76-95-41-79-56-31-54(81(86)87)21-11-47(56)33-67-79)44(3)62(42)70-60(83)37-77-27-5-7-46(35-77)39-94-69-26-30-97-29-25-65-64(85)49-8-6-28-78(36-49)38-61(84)71-63-43(2)10-24-59(45(63)4)98(90,91)74-52-17-13-50(14-18-52)72-66-40-96-80-57-32-55(82(88)89)22-12-48(57)34-68-80/h5-24,27-28,31-36,66,69,72-76H,25-26,29-30,37-41H2,1-4H3,(H-2,65,70,71,83,84,85)/p+2. The summed E-state index contributed by atoms with van der Waals surface area (Å²) in [7, 11) is -8.25. The van der Waals surface area contributed by atoms with Gasteiger partial charge in [0, 0.05) is 106 Å². The molecule has 10 aromatic rings. The monoisotopic (exact) mass is 1410 g/mol. The van der Waals surface area contributed by atoms with Gasteiger partial charge in [0.15, 0.2) is 38.2 Å². The molecule has 3 amide bonds. The number of amides is 3. The Kier molecular flexibility index (Phi) is 23.0. The number of nitrogens with one attached hydrogen (secondary N) is 10. The zero-order valence-electron chi connectivity index (χ0n) is 53.5. The van der Waals surface area contributed by atoms with E-state index < -0.39 is 35.8 Å². The summed E-state index contributed by atoms with van der Waals surface area (Å²) in [6.07, 6.45) is 9.78. The van der Waals surface area contributed by atoms with Crippen molar-refractivity contribution in [3.63, 3.8) is 0 Å². The van der Waals surface area contributed by atoms with E-state index in [-0.39, 0.29) is 77.5 Å². The van der Waals surface area contributed by atoms with Crippen LogP contribution in [0.5, 0.6) is 0 Å². The van der Waals surface area contributed by atoms with E-state index in [9.17, 15) is 51.4 Å². The van der Waals surface area contributed by atoms with E-state index in [4.69, 9.17) is 14.5 Å². The first-order valence-corrected chi connectivity index (χ1v) is 34.4. The summed E-state index contributed by atoms with van der Waals surface area (Å²) in [6.45, 7) is 7.38. The van der Waals surface area contributed by atoms with Gasteiger partial charge in [0.1, 0.15) is 11.1 Å². The average Bonchev–Trinajstić information content (AvgIpc) is 1.63. The molecule has 0 spiro atoms. The SMILES string of the molecule is Cc1ccc(S(=O)(=O)Nc2ccc(NNOCn3ncc4ccc([N+](=O)[O-])cc43)cc2)c(C)c1NC(=O)C[n+]1cccc(CONCCSCCNC(=O)c2ccc[n+](CC(=O)Nc3c(C)ccc(S(=O)(=O)Nc4ccc(NNCOn5ncc6ccc([N+](=O)[O-])cc65)cc4)c3C)c2)c1. The lowest BCUT2D eigenvalue weighted by Gasteiger charge is -2.16. The van der Waals surface area contributed by atoms with Crippen molar-refractivity contribution in [2.24, 2.45) is 0 Å². The number of hydrogen-bond acceptors (Lipinski definition) is 22. The summed E-state index contributed by atoms with van der Waals surface area (Å²) >= 11 is 1.59. The van der Waals surface area contributed by atoms with Crippen LogP contribution in [0, 0.1) is 47.9 Å². The number of aromatic nitrogens is 6. The van der Waals surface area contributed by atoms with Crippen LogP contribution >= 0.6 is 11.8 Å². The second-order valence-electron chi connectivity index (χ2n) is 22.2. The van der Waals surface area contributed by atoms with Crippen molar-refractivity contribution in [1.82, 2.24) is 41.5 Å². The van der Waals surface area contributed by atoms with E-state index >= 15 is 0 Å². The van der Waals surface area contributed by atoms with E-state index in [2.05, 4.69) is 62.9 Å². The Morgan fingerprint density at radius 2 is 1.14 bits per heavy atom. The molecule has 0 unspecified atom stereocenters. The molecule has 0 radical (unpaired) electrons. The number of sulfonamides is 2. The lowest BCUT2D eigenvalue weighted by molar-refractivity contribution is -0.684. The van der Waals surface area contributed by atoms with Crippen LogP contribution in [0.25, 0.3) is 21.8 Å². The number of fused-ring (bicyclic) bond motifs is 2. The number of anilines is 6. The van der Waals surface area contributed by atoms with Gasteiger partial charge in [-0.25, -0.2) is 27.0 Å². The quantitative estimate of drug-likeness (QED) is 0.00669. The maximum absolute atomic E-state index is 13.7. The van der Waals surface area contributed by atoms with E-state index in [1.165, 1.54) is 47.3 Å². The van der Waals surface area contributed by atoms with Gasteiger partial charge in [-0.1, -0.05) is 17.0 Å². The molecule has 4 aromatic heterocycles. The first-order chi connectivity index (χ1) is 47.6. The number of pyridine rings is 2. The number of benzene rings is 6. The molecule has 10 rings (SSSR count). The second kappa shape index (κ2) is 32.2. The Morgan fingerprint density at radius 3 is 1.75 bits per heavy atom. The number of hydroxylamine groups is 1. The molecule has 35 heteroatoms. The van der Waals surface area contributed by atoms with E-state index in [0.717, 1.165) is 10.4 Å². The number of nitro benzene ring substituents is 2. The normalized spacial score (nSPS) is 11.5. The molecule has 0 aliphatic heterocycles. The van der Waals surface area contributed by atoms with Crippen LogP contribution in [0.3, 0.4) is 0 Å². The van der Waals surface area contributed by atoms with Gasteiger partial charge in [0.2, 0.25) is 13.1 Å². The fourth-order valence-corrected chi connectivity index (χ4v) is 13.4. The van der Waals surface area contributed by atoms with Gasteiger partial charge in [-0.2, -0.15) is 31.4 Å². The average molecular weight is 1410 g/mol. The molecule has 32 nitrogen and oxygen atoms in total. The highest BCUT2D eigenvalue weighted by Gasteiger charge is 2.25. The zero-order chi connectivity index (χ0) is 70.2. The van der Waals surface area contributed by atoms with Gasteiger partial charge in [0.05, 0.1) is 49.8 Å². The molecular formula is C64H68N18O14S3+2. The lowest BCUT2D eigenvalue weighted by atomic mass is 10.1. The first-order valence-electron chi connectivity index (χ1n) is 30.3. The predicted molar refractivity (Wildman–Crippen MR) is 368 cm³/mol. The van der Waals surface area contributed by atoms with E-state index in [1.54, 1.807) is 171 Å². The highest BCUT2D eigenvalue weighted by atomic mass is 32.2. The molecule has 0 fully saturated rings. The molecule has 0 atom stereocenters. The fraction of sp³-hybridized carbons (Fsp3) is 0.203. The minimum Gasteiger partial charge on any atom is -0.379 e. The maximum atomic E-state index is 13.7. The van der Waals surface area contributed by atoms with Gasteiger partial charge in [-0.3, -0.25) is 59.2 Å². The largest absolute Gasteiger partial charge is 0.379 e. The Labute approximate surface area is 570 Å². The van der Waals surface area contributed by atoms with Crippen LogP contribution in [0.15, 0.2) is 180 Å². The van der Waals surface area contributed by atoms with Crippen molar-refractivity contribution in [2.75, 3.05) is 62.3 Å². The van der Waals surface area contributed by atoms with Crippen LogP contribution in [-0.2, 0) is 65.7 Å². The maximum Gasteiger partial charge on any atom is 0.290 e. The molecule has 10 N–H and O–H groups in total. The number of carbonyl (C=O) groups is 3.